The molecule has 0 aliphatic carbocycles. The standard InChI is InChI=1S/C21H20ClN5O2/c1-12-9-15(14(3)17(22)7-5-13(2)28)10-18-20(12)25-21(27-26-18)24-16-6-8-19(29-4)23-11-16/h5-11,28H,3H2,1-2,4H3,(H,24,25,27)/b13-5+,17-7+. The van der Waals surface area contributed by atoms with Crippen molar-refractivity contribution in [2.24, 2.45) is 0 Å². The normalized spacial score (nSPS) is 12.1. The molecule has 2 heterocycles. The third-order valence-electron chi connectivity index (χ3n) is 4.06. The van der Waals surface area contributed by atoms with Crippen LogP contribution in [0, 0.1) is 6.92 Å². The summed E-state index contributed by atoms with van der Waals surface area (Å²) < 4.78 is 5.05. The molecular weight excluding hydrogens is 390 g/mol. The number of ether oxygens (including phenoxy) is 1. The van der Waals surface area contributed by atoms with Crippen molar-refractivity contribution in [3.05, 3.63) is 71.1 Å². The van der Waals surface area contributed by atoms with Crippen LogP contribution < -0.4 is 10.1 Å². The highest BCUT2D eigenvalue weighted by molar-refractivity contribution is 6.37. The Morgan fingerprint density at radius 2 is 2.03 bits per heavy atom. The summed E-state index contributed by atoms with van der Waals surface area (Å²) in [6.07, 6.45) is 4.73. The highest BCUT2D eigenvalue weighted by Crippen LogP contribution is 2.28. The first-order chi connectivity index (χ1) is 13.9. The molecule has 0 aliphatic heterocycles. The van der Waals surface area contributed by atoms with Crippen molar-refractivity contribution < 1.29 is 9.84 Å². The smallest absolute Gasteiger partial charge is 0.247 e. The second-order valence-electron chi connectivity index (χ2n) is 6.31. The number of benzene rings is 1. The SMILES string of the molecule is C=C(/C(Cl)=C\C=C(/C)O)c1cc(C)c2nc(Nc3ccc(OC)nc3)nnc2c1. The largest absolute Gasteiger partial charge is 0.513 e. The number of nitrogens with one attached hydrogen (secondary N) is 1. The first kappa shape index (κ1) is 20.3. The maximum Gasteiger partial charge on any atom is 0.247 e. The van der Waals surface area contributed by atoms with Crippen LogP contribution in [0.25, 0.3) is 16.6 Å². The van der Waals surface area contributed by atoms with E-state index in [1.165, 1.54) is 6.08 Å². The van der Waals surface area contributed by atoms with Crippen molar-refractivity contribution in [2.75, 3.05) is 12.4 Å². The van der Waals surface area contributed by atoms with E-state index in [2.05, 4.69) is 32.1 Å². The summed E-state index contributed by atoms with van der Waals surface area (Å²) in [6, 6.07) is 7.32. The first-order valence-electron chi connectivity index (χ1n) is 8.72. The number of fused-ring (bicyclic) bond motifs is 1. The number of rotatable bonds is 6. The van der Waals surface area contributed by atoms with Crippen molar-refractivity contribution in [1.29, 1.82) is 0 Å². The van der Waals surface area contributed by atoms with Crippen LogP contribution in [0.2, 0.25) is 0 Å². The molecule has 8 heteroatoms. The Kier molecular flexibility index (Phi) is 6.09. The second kappa shape index (κ2) is 8.70. The van der Waals surface area contributed by atoms with E-state index in [-0.39, 0.29) is 5.76 Å². The minimum absolute atomic E-state index is 0.160. The molecule has 3 rings (SSSR count). The van der Waals surface area contributed by atoms with Crippen LogP contribution in [0.3, 0.4) is 0 Å². The predicted octanol–water partition coefficient (Wildman–Crippen LogP) is 5.08. The monoisotopic (exact) mass is 409 g/mol. The van der Waals surface area contributed by atoms with Crippen LogP contribution in [0.5, 0.6) is 5.88 Å². The van der Waals surface area contributed by atoms with Gasteiger partial charge in [-0.25, -0.2) is 9.97 Å². The third-order valence-corrected chi connectivity index (χ3v) is 4.41. The van der Waals surface area contributed by atoms with Gasteiger partial charge in [0.05, 0.1) is 30.3 Å². The molecule has 3 aromatic rings. The number of hydrogen-bond acceptors (Lipinski definition) is 7. The fourth-order valence-corrected chi connectivity index (χ4v) is 2.75. The maximum absolute atomic E-state index is 9.28. The average molecular weight is 410 g/mol. The number of halogens is 1. The summed E-state index contributed by atoms with van der Waals surface area (Å²) in [4.78, 5) is 8.69. The number of aromatic nitrogens is 4. The number of nitrogens with zero attached hydrogens (tertiary/aromatic N) is 4. The summed E-state index contributed by atoms with van der Waals surface area (Å²) in [5.74, 6) is 1.04. The number of aryl methyl sites for hydroxylation is 1. The van der Waals surface area contributed by atoms with Crippen molar-refractivity contribution in [3.8, 4) is 5.88 Å². The van der Waals surface area contributed by atoms with E-state index in [1.54, 1.807) is 32.4 Å². The van der Waals surface area contributed by atoms with Gasteiger partial charge in [-0.3, -0.25) is 0 Å². The quantitative estimate of drug-likeness (QED) is 0.433. The second-order valence-corrected chi connectivity index (χ2v) is 6.72. The van der Waals surface area contributed by atoms with Gasteiger partial charge in [0.2, 0.25) is 11.8 Å². The fourth-order valence-electron chi connectivity index (χ4n) is 2.58. The lowest BCUT2D eigenvalue weighted by molar-refractivity contribution is 0.398. The highest BCUT2D eigenvalue weighted by atomic mass is 35.5. The molecular formula is C21H20ClN5O2. The number of aliphatic hydroxyl groups excluding tert-OH is 1. The lowest BCUT2D eigenvalue weighted by Crippen LogP contribution is -2.01. The Morgan fingerprint density at radius 3 is 2.69 bits per heavy atom. The minimum atomic E-state index is 0.160. The molecule has 0 saturated carbocycles. The van der Waals surface area contributed by atoms with Crippen LogP contribution in [-0.2, 0) is 0 Å². The molecule has 0 unspecified atom stereocenters. The van der Waals surface area contributed by atoms with Gasteiger partial charge in [-0.2, -0.15) is 0 Å². The van der Waals surface area contributed by atoms with Gasteiger partial charge in [0.25, 0.3) is 0 Å². The summed E-state index contributed by atoms with van der Waals surface area (Å²) in [5.41, 5.74) is 4.38. The lowest BCUT2D eigenvalue weighted by Gasteiger charge is -2.10. The van der Waals surface area contributed by atoms with Gasteiger partial charge < -0.3 is 15.2 Å². The van der Waals surface area contributed by atoms with Gasteiger partial charge >= 0.3 is 0 Å². The third kappa shape index (κ3) is 4.89. The van der Waals surface area contributed by atoms with E-state index < -0.39 is 0 Å². The van der Waals surface area contributed by atoms with Gasteiger partial charge in [0, 0.05) is 11.1 Å². The molecule has 2 aromatic heterocycles. The predicted molar refractivity (Wildman–Crippen MR) is 115 cm³/mol. The van der Waals surface area contributed by atoms with Crippen molar-refractivity contribution >= 4 is 39.8 Å². The van der Waals surface area contributed by atoms with Crippen LogP contribution in [0.4, 0.5) is 11.6 Å². The molecule has 148 valence electrons. The first-order valence-corrected chi connectivity index (χ1v) is 9.10. The van der Waals surface area contributed by atoms with Gasteiger partial charge in [-0.05, 0) is 60.9 Å². The van der Waals surface area contributed by atoms with E-state index in [1.807, 2.05) is 25.1 Å². The summed E-state index contributed by atoms with van der Waals surface area (Å²) in [6.45, 7) is 7.53. The summed E-state index contributed by atoms with van der Waals surface area (Å²) >= 11 is 6.28. The molecule has 0 radical (unpaired) electrons. The zero-order valence-corrected chi connectivity index (χ0v) is 17.0. The molecule has 2 N–H and O–H groups in total. The van der Waals surface area contributed by atoms with Crippen molar-refractivity contribution in [2.45, 2.75) is 13.8 Å². The summed E-state index contributed by atoms with van der Waals surface area (Å²) in [5, 5.41) is 21.2. The van der Waals surface area contributed by atoms with E-state index in [4.69, 9.17) is 16.3 Å². The van der Waals surface area contributed by atoms with Gasteiger partial charge in [-0.15, -0.1) is 10.2 Å². The minimum Gasteiger partial charge on any atom is -0.513 e. The van der Waals surface area contributed by atoms with Crippen LogP contribution in [0.1, 0.15) is 18.1 Å². The van der Waals surface area contributed by atoms with Gasteiger partial charge in [0.1, 0.15) is 5.52 Å². The van der Waals surface area contributed by atoms with E-state index in [0.29, 0.717) is 33.5 Å². The number of methoxy groups -OCH3 is 1. The zero-order chi connectivity index (χ0) is 21.0. The number of aliphatic hydroxyl groups is 1. The molecule has 0 saturated heterocycles. The summed E-state index contributed by atoms with van der Waals surface area (Å²) in [7, 11) is 1.56. The Morgan fingerprint density at radius 1 is 1.24 bits per heavy atom. The topological polar surface area (TPSA) is 93.1 Å². The molecule has 0 bridgehead atoms. The highest BCUT2D eigenvalue weighted by Gasteiger charge is 2.10. The Balaban J connectivity index is 1.89. The lowest BCUT2D eigenvalue weighted by atomic mass is 10.0. The number of pyridine rings is 1. The zero-order valence-electron chi connectivity index (χ0n) is 16.3. The van der Waals surface area contributed by atoms with E-state index in [0.717, 1.165) is 16.8 Å². The molecule has 29 heavy (non-hydrogen) atoms. The van der Waals surface area contributed by atoms with Gasteiger partial charge in [0.15, 0.2) is 0 Å². The Bertz CT molecular complexity index is 1120. The molecule has 7 nitrogen and oxygen atoms in total. The molecule has 0 spiro atoms. The number of hydrogen-bond donors (Lipinski definition) is 2. The van der Waals surface area contributed by atoms with Gasteiger partial charge in [-0.1, -0.05) is 18.2 Å². The van der Waals surface area contributed by atoms with Crippen LogP contribution in [0.15, 0.2) is 60.0 Å². The van der Waals surface area contributed by atoms with E-state index in [9.17, 15) is 5.11 Å². The molecule has 0 amide bonds. The Labute approximate surface area is 173 Å². The maximum atomic E-state index is 9.28. The molecule has 1 aromatic carbocycles. The fraction of sp³-hybridized carbons (Fsp3) is 0.143. The van der Waals surface area contributed by atoms with E-state index >= 15 is 0 Å². The van der Waals surface area contributed by atoms with Crippen LogP contribution >= 0.6 is 11.6 Å². The molecule has 0 fully saturated rings. The molecule has 0 aliphatic rings. The average Bonchev–Trinajstić information content (AvgIpc) is 2.72. The number of allylic oxidation sites excluding steroid dienone is 5. The Hall–Kier alpha value is -3.45. The molecule has 0 atom stereocenters. The van der Waals surface area contributed by atoms with Crippen LogP contribution in [-0.4, -0.2) is 32.4 Å². The van der Waals surface area contributed by atoms with Crippen molar-refractivity contribution in [3.63, 3.8) is 0 Å². The number of anilines is 2. The van der Waals surface area contributed by atoms with Crippen molar-refractivity contribution in [1.82, 2.24) is 20.2 Å².